The summed E-state index contributed by atoms with van der Waals surface area (Å²) in [6.45, 7) is 0.671. The molecule has 0 radical (unpaired) electrons. The SMILES string of the molecule is N[C@H](C=O)CCCCNC(=O)CCCCCCCCCCCCCCC(=O)O. The molecule has 0 aliphatic carbocycles. The van der Waals surface area contributed by atoms with Gasteiger partial charge in [-0.25, -0.2) is 0 Å². The molecule has 0 bridgehead atoms. The third kappa shape index (κ3) is 20.9. The zero-order chi connectivity index (χ0) is 20.9. The number of unbranched alkanes of at least 4 members (excludes halogenated alkanes) is 12. The van der Waals surface area contributed by atoms with E-state index in [0.717, 1.165) is 51.2 Å². The van der Waals surface area contributed by atoms with Crippen LogP contribution in [-0.4, -0.2) is 35.9 Å². The first kappa shape index (κ1) is 26.6. The van der Waals surface area contributed by atoms with Crippen molar-refractivity contribution < 1.29 is 19.5 Å². The number of hydrogen-bond donors (Lipinski definition) is 3. The van der Waals surface area contributed by atoms with Crippen LogP contribution in [0, 0.1) is 0 Å². The molecule has 0 aliphatic rings. The van der Waals surface area contributed by atoms with Gasteiger partial charge in [0.15, 0.2) is 0 Å². The number of carboxylic acids is 1. The number of nitrogens with one attached hydrogen (secondary N) is 1. The molecule has 0 saturated heterocycles. The minimum atomic E-state index is -0.686. The van der Waals surface area contributed by atoms with E-state index in [2.05, 4.69) is 5.32 Å². The summed E-state index contributed by atoms with van der Waals surface area (Å²) in [5.74, 6) is -0.559. The monoisotopic (exact) mass is 398 g/mol. The Morgan fingerprint density at radius 2 is 1.21 bits per heavy atom. The number of aliphatic carboxylic acids is 1. The molecule has 6 nitrogen and oxygen atoms in total. The molecule has 0 unspecified atom stereocenters. The molecule has 0 aliphatic heterocycles. The molecule has 28 heavy (non-hydrogen) atoms. The third-order valence-corrected chi connectivity index (χ3v) is 5.01. The highest BCUT2D eigenvalue weighted by molar-refractivity contribution is 5.75. The first-order valence-electron chi connectivity index (χ1n) is 11.3. The molecule has 1 amide bonds. The van der Waals surface area contributed by atoms with Gasteiger partial charge in [0.05, 0.1) is 6.04 Å². The van der Waals surface area contributed by atoms with Crippen LogP contribution in [0.5, 0.6) is 0 Å². The van der Waals surface area contributed by atoms with Crippen LogP contribution in [0.15, 0.2) is 0 Å². The summed E-state index contributed by atoms with van der Waals surface area (Å²) in [4.78, 5) is 32.5. The summed E-state index contributed by atoms with van der Waals surface area (Å²) in [5.41, 5.74) is 5.51. The van der Waals surface area contributed by atoms with Gasteiger partial charge in [-0.3, -0.25) is 9.59 Å². The lowest BCUT2D eigenvalue weighted by molar-refractivity contribution is -0.137. The predicted molar refractivity (Wildman–Crippen MR) is 113 cm³/mol. The largest absolute Gasteiger partial charge is 0.481 e. The minimum absolute atomic E-state index is 0.128. The zero-order valence-electron chi connectivity index (χ0n) is 17.6. The molecule has 4 N–H and O–H groups in total. The molecule has 0 saturated carbocycles. The second-order valence-corrected chi connectivity index (χ2v) is 7.78. The van der Waals surface area contributed by atoms with E-state index in [-0.39, 0.29) is 11.9 Å². The number of rotatable bonds is 21. The van der Waals surface area contributed by atoms with Gasteiger partial charge < -0.3 is 21.0 Å². The lowest BCUT2D eigenvalue weighted by Gasteiger charge is -2.06. The fourth-order valence-corrected chi connectivity index (χ4v) is 3.22. The maximum Gasteiger partial charge on any atom is 0.303 e. The lowest BCUT2D eigenvalue weighted by Crippen LogP contribution is -2.25. The van der Waals surface area contributed by atoms with Gasteiger partial charge in [0, 0.05) is 19.4 Å². The standard InChI is InChI=1S/C22H42N2O4/c23-20(19-25)15-13-14-18-24-21(26)16-11-9-7-5-3-1-2-4-6-8-10-12-17-22(27)28/h19-20H,1-18,23H2,(H,24,26)(H,27,28)/t20-/m0/s1. The van der Waals surface area contributed by atoms with Gasteiger partial charge in [-0.2, -0.15) is 0 Å². The highest BCUT2D eigenvalue weighted by Gasteiger charge is 2.02. The smallest absolute Gasteiger partial charge is 0.303 e. The molecule has 0 rings (SSSR count). The van der Waals surface area contributed by atoms with E-state index in [1.165, 1.54) is 44.9 Å². The molecule has 0 spiro atoms. The van der Waals surface area contributed by atoms with E-state index in [9.17, 15) is 14.4 Å². The van der Waals surface area contributed by atoms with Crippen molar-refractivity contribution in [3.8, 4) is 0 Å². The first-order chi connectivity index (χ1) is 13.6. The topological polar surface area (TPSA) is 109 Å². The van der Waals surface area contributed by atoms with E-state index < -0.39 is 5.97 Å². The molecular weight excluding hydrogens is 356 g/mol. The van der Waals surface area contributed by atoms with Crippen LogP contribution in [-0.2, 0) is 14.4 Å². The van der Waals surface area contributed by atoms with Gasteiger partial charge in [0.25, 0.3) is 0 Å². The predicted octanol–water partition coefficient (Wildman–Crippen LogP) is 4.35. The van der Waals surface area contributed by atoms with Crippen molar-refractivity contribution in [1.29, 1.82) is 0 Å². The van der Waals surface area contributed by atoms with Gasteiger partial charge in [-0.1, -0.05) is 64.2 Å². The highest BCUT2D eigenvalue weighted by atomic mass is 16.4. The molecule has 1 atom stereocenters. The minimum Gasteiger partial charge on any atom is -0.481 e. The van der Waals surface area contributed by atoms with Crippen molar-refractivity contribution in [3.63, 3.8) is 0 Å². The second-order valence-electron chi connectivity index (χ2n) is 7.78. The zero-order valence-corrected chi connectivity index (χ0v) is 17.6. The van der Waals surface area contributed by atoms with E-state index >= 15 is 0 Å². The summed E-state index contributed by atoms with van der Waals surface area (Å²) in [6, 6.07) is -0.369. The van der Waals surface area contributed by atoms with Crippen LogP contribution in [0.4, 0.5) is 0 Å². The van der Waals surface area contributed by atoms with Crippen LogP contribution < -0.4 is 11.1 Å². The molecule has 0 fully saturated rings. The van der Waals surface area contributed by atoms with Gasteiger partial charge >= 0.3 is 5.97 Å². The van der Waals surface area contributed by atoms with Gasteiger partial charge in [-0.05, 0) is 32.1 Å². The second kappa shape index (κ2) is 20.3. The van der Waals surface area contributed by atoms with Crippen molar-refractivity contribution in [2.75, 3.05) is 6.54 Å². The van der Waals surface area contributed by atoms with Gasteiger partial charge in [-0.15, -0.1) is 0 Å². The Balaban J connectivity index is 3.19. The number of carboxylic acid groups (broad SMARTS) is 1. The Hall–Kier alpha value is -1.43. The molecule has 164 valence electrons. The fraction of sp³-hybridized carbons (Fsp3) is 0.864. The molecule has 6 heteroatoms. The summed E-state index contributed by atoms with van der Waals surface area (Å²) in [5, 5.41) is 11.5. The summed E-state index contributed by atoms with van der Waals surface area (Å²) < 4.78 is 0. The molecule has 0 aromatic heterocycles. The average Bonchev–Trinajstić information content (AvgIpc) is 2.67. The van der Waals surface area contributed by atoms with Crippen LogP contribution >= 0.6 is 0 Å². The number of carbonyl (C=O) groups excluding carboxylic acids is 2. The summed E-state index contributed by atoms with van der Waals surface area (Å²) >= 11 is 0. The van der Waals surface area contributed by atoms with Crippen molar-refractivity contribution in [3.05, 3.63) is 0 Å². The summed E-state index contributed by atoms with van der Waals surface area (Å²) in [7, 11) is 0. The van der Waals surface area contributed by atoms with E-state index in [1.807, 2.05) is 0 Å². The normalized spacial score (nSPS) is 11.9. The maximum absolute atomic E-state index is 11.7. The lowest BCUT2D eigenvalue weighted by atomic mass is 10.0. The summed E-state index contributed by atoms with van der Waals surface area (Å²) in [6.07, 6.45) is 17.9. The molecule has 0 aromatic rings. The van der Waals surface area contributed by atoms with E-state index in [0.29, 0.717) is 25.8 Å². The molecule has 0 heterocycles. The molecule has 0 aromatic carbocycles. The number of amides is 1. The first-order valence-corrected chi connectivity index (χ1v) is 11.3. The van der Waals surface area contributed by atoms with Crippen molar-refractivity contribution in [2.45, 2.75) is 115 Å². The van der Waals surface area contributed by atoms with Gasteiger partial charge in [0.2, 0.25) is 5.91 Å². The Labute approximate surface area is 171 Å². The van der Waals surface area contributed by atoms with E-state index in [4.69, 9.17) is 10.8 Å². The van der Waals surface area contributed by atoms with Crippen molar-refractivity contribution in [1.82, 2.24) is 5.32 Å². The van der Waals surface area contributed by atoms with Crippen molar-refractivity contribution in [2.24, 2.45) is 5.73 Å². The maximum atomic E-state index is 11.7. The number of hydrogen-bond acceptors (Lipinski definition) is 4. The van der Waals surface area contributed by atoms with E-state index in [1.54, 1.807) is 0 Å². The van der Waals surface area contributed by atoms with Crippen molar-refractivity contribution >= 4 is 18.2 Å². The van der Waals surface area contributed by atoms with Crippen LogP contribution in [0.25, 0.3) is 0 Å². The number of nitrogens with two attached hydrogens (primary N) is 1. The average molecular weight is 399 g/mol. The Bertz CT molecular complexity index is 402. The quantitative estimate of drug-likeness (QED) is 0.197. The van der Waals surface area contributed by atoms with Crippen LogP contribution in [0.2, 0.25) is 0 Å². The molecular formula is C22H42N2O4. The van der Waals surface area contributed by atoms with Crippen LogP contribution in [0.3, 0.4) is 0 Å². The number of carbonyl (C=O) groups is 3. The van der Waals surface area contributed by atoms with Gasteiger partial charge in [0.1, 0.15) is 6.29 Å². The Morgan fingerprint density at radius 3 is 1.68 bits per heavy atom. The van der Waals surface area contributed by atoms with Crippen LogP contribution in [0.1, 0.15) is 109 Å². The number of aldehydes is 1. The Morgan fingerprint density at radius 1 is 0.750 bits per heavy atom. The highest BCUT2D eigenvalue weighted by Crippen LogP contribution is 2.13. The fourth-order valence-electron chi connectivity index (χ4n) is 3.22. The Kier molecular flexibility index (Phi) is 19.3. The third-order valence-electron chi connectivity index (χ3n) is 5.01.